The van der Waals surface area contributed by atoms with Crippen molar-refractivity contribution in [1.29, 1.82) is 0 Å². The number of hydrogen-bond acceptors (Lipinski definition) is 8. The normalized spacial score (nSPS) is 10.2. The van der Waals surface area contributed by atoms with Crippen LogP contribution in [0.1, 0.15) is 114 Å². The second kappa shape index (κ2) is 43.6. The summed E-state index contributed by atoms with van der Waals surface area (Å²) in [6.45, 7) is 27.3. The van der Waals surface area contributed by atoms with Gasteiger partial charge in [-0.1, -0.05) is 157 Å². The average molecular weight is 1080 g/mol. The molecule has 5 rings (SSSR count). The van der Waals surface area contributed by atoms with E-state index in [4.69, 9.17) is 5.73 Å². The topological polar surface area (TPSA) is 170 Å². The number of carbonyl (C=O) groups excluding carboxylic acids is 3. The third-order valence-electron chi connectivity index (χ3n) is 7.26. The number of nitrogen functional groups attached to an aromatic ring is 1. The van der Waals surface area contributed by atoms with Crippen LogP contribution < -0.4 is 10.6 Å². The summed E-state index contributed by atoms with van der Waals surface area (Å²) in [6.07, 6.45) is 2.47. The Hall–Kier alpha value is -4.52. The molecule has 342 valence electrons. The van der Waals surface area contributed by atoms with E-state index in [0.717, 1.165) is 41.8 Å². The highest BCUT2D eigenvalue weighted by Crippen LogP contribution is 2.24. The van der Waals surface area contributed by atoms with Crippen molar-refractivity contribution in [3.8, 4) is 0 Å². The van der Waals surface area contributed by atoms with E-state index in [-0.39, 0.29) is 41.4 Å². The molecule has 0 unspecified atom stereocenters. The number of anilines is 2. The van der Waals surface area contributed by atoms with Crippen molar-refractivity contribution in [2.75, 3.05) is 23.7 Å². The minimum absolute atomic E-state index is 0.0425. The van der Waals surface area contributed by atoms with Gasteiger partial charge in [-0.3, -0.25) is 34.6 Å². The second-order valence-electron chi connectivity index (χ2n) is 10.5. The number of halogens is 3. The fourth-order valence-corrected chi connectivity index (χ4v) is 4.63. The van der Waals surface area contributed by atoms with Crippen molar-refractivity contribution >= 4 is 77.7 Å². The van der Waals surface area contributed by atoms with Gasteiger partial charge >= 0.3 is 5.69 Å². The lowest BCUT2D eigenvalue weighted by Gasteiger charge is -2.32. The Bertz CT molecular complexity index is 1760. The molecule has 0 spiro atoms. The van der Waals surface area contributed by atoms with Gasteiger partial charge in [0.25, 0.3) is 17.5 Å². The van der Waals surface area contributed by atoms with E-state index in [0.29, 0.717) is 12.1 Å². The van der Waals surface area contributed by atoms with Crippen LogP contribution in [0.5, 0.6) is 0 Å². The van der Waals surface area contributed by atoms with E-state index >= 15 is 0 Å². The molecule has 0 atom stereocenters. The Balaban J connectivity index is -0.000000218. The van der Waals surface area contributed by atoms with Crippen molar-refractivity contribution in [3.05, 3.63) is 140 Å². The summed E-state index contributed by atoms with van der Waals surface area (Å²) in [5.74, 6) is -1.77. The lowest BCUT2D eigenvalue weighted by molar-refractivity contribution is -0.387. The molecule has 0 radical (unpaired) electrons. The van der Waals surface area contributed by atoms with E-state index in [1.54, 1.807) is 24.3 Å². The molecule has 1 aliphatic rings. The Labute approximate surface area is 388 Å². The molecule has 0 saturated carbocycles. The van der Waals surface area contributed by atoms with Crippen LogP contribution in [0.15, 0.2) is 97.1 Å². The number of benzene rings is 4. The Morgan fingerprint density at radius 3 is 1.28 bits per heavy atom. The standard InChI is InChI=1S/C14H16N2O3.C8H9NO2.C8H11N.C6H4FNO2.5C2H6.I2/c1-3-11-6-4-5-7-12(11)16-13(18)8-15(10(2)17)9-14(16)19;1-2-7-5-3-4-6-8(7)9(10)11;1-2-7-5-3-4-6-8(7)9;7-5-3-1-2-4-6(5)8(9)10;6*1-2/h4-7H,3,8-9H2,1-2H3;3-6H,2H2,1H3;3-6H,2,9H2,1H3;1-4H;5*1-2H3;. The van der Waals surface area contributed by atoms with Crippen molar-refractivity contribution in [1.82, 2.24) is 4.90 Å². The summed E-state index contributed by atoms with van der Waals surface area (Å²) in [6, 6.07) is 27.1. The molecule has 1 aliphatic heterocycles. The van der Waals surface area contributed by atoms with Crippen LogP contribution in [0.4, 0.5) is 27.1 Å². The molecule has 12 nitrogen and oxygen atoms in total. The largest absolute Gasteiger partial charge is 0.399 e. The molecule has 1 fully saturated rings. The minimum Gasteiger partial charge on any atom is -0.399 e. The van der Waals surface area contributed by atoms with Gasteiger partial charge in [0.05, 0.1) is 15.5 Å². The van der Waals surface area contributed by atoms with Crippen LogP contribution >= 0.6 is 37.2 Å². The summed E-state index contributed by atoms with van der Waals surface area (Å²) in [4.78, 5) is 57.2. The summed E-state index contributed by atoms with van der Waals surface area (Å²) >= 11 is 4.24. The first-order valence-corrected chi connectivity index (χ1v) is 26.9. The zero-order valence-electron chi connectivity index (χ0n) is 38.6. The van der Waals surface area contributed by atoms with Crippen molar-refractivity contribution in [3.63, 3.8) is 0 Å². The molecule has 61 heavy (non-hydrogen) atoms. The van der Waals surface area contributed by atoms with E-state index < -0.39 is 16.4 Å². The first-order chi connectivity index (χ1) is 29.4. The highest BCUT2D eigenvalue weighted by atomic mass is 128. The first-order valence-electron chi connectivity index (χ1n) is 20.6. The van der Waals surface area contributed by atoms with Crippen molar-refractivity contribution < 1.29 is 28.6 Å². The van der Waals surface area contributed by atoms with Crippen molar-refractivity contribution in [2.24, 2.45) is 0 Å². The monoisotopic (exact) mass is 1080 g/mol. The van der Waals surface area contributed by atoms with Gasteiger partial charge in [0.15, 0.2) is 0 Å². The molecule has 3 amide bonds. The van der Waals surface area contributed by atoms with Crippen LogP contribution in [-0.2, 0) is 33.6 Å². The minimum atomic E-state index is -0.799. The van der Waals surface area contributed by atoms with Gasteiger partial charge in [-0.25, -0.2) is 4.90 Å². The number of amides is 3. The van der Waals surface area contributed by atoms with Crippen molar-refractivity contribution in [2.45, 2.75) is 116 Å². The van der Waals surface area contributed by atoms with Crippen LogP contribution in [0.25, 0.3) is 0 Å². The lowest BCUT2D eigenvalue weighted by Crippen LogP contribution is -2.55. The zero-order valence-corrected chi connectivity index (χ0v) is 42.9. The number of aryl methyl sites for hydroxylation is 3. The Morgan fingerprint density at radius 2 is 0.951 bits per heavy atom. The fourth-order valence-electron chi connectivity index (χ4n) is 4.63. The van der Waals surface area contributed by atoms with Gasteiger partial charge in [0, 0.05) is 67.5 Å². The highest BCUT2D eigenvalue weighted by Gasteiger charge is 2.34. The quantitative estimate of drug-likeness (QED) is 0.0654. The first kappa shape index (κ1) is 65.6. The third kappa shape index (κ3) is 26.4. The maximum atomic E-state index is 12.4. The maximum absolute atomic E-state index is 12.4. The zero-order chi connectivity index (χ0) is 48.5. The SMILES string of the molecule is CC.CC.CC.CC.CC.CCc1ccccc1N.CCc1ccccc1N1C(=O)CN(C(C)=O)CC1=O.CCc1ccccc1[N+](=O)[O-].II.O=[N+]([O-])c1ccccc1F. The number of nitrogens with two attached hydrogens (primary N) is 1. The number of rotatable bonds is 6. The van der Waals surface area contributed by atoms with E-state index in [1.165, 1.54) is 40.5 Å². The Morgan fingerprint density at radius 1 is 0.607 bits per heavy atom. The predicted octanol–water partition coefficient (Wildman–Crippen LogP) is 13.6. The number of nitro groups is 2. The van der Waals surface area contributed by atoms with E-state index in [1.807, 2.05) is 119 Å². The maximum Gasteiger partial charge on any atom is 0.304 e. The van der Waals surface area contributed by atoms with E-state index in [9.17, 15) is 39.0 Å². The molecule has 0 aromatic heterocycles. The average Bonchev–Trinajstić information content (AvgIpc) is 3.31. The predicted molar refractivity (Wildman–Crippen MR) is 271 cm³/mol. The number of para-hydroxylation sites is 4. The van der Waals surface area contributed by atoms with Gasteiger partial charge in [-0.15, -0.1) is 0 Å². The summed E-state index contributed by atoms with van der Waals surface area (Å²) in [5.41, 5.74) is 9.86. The molecule has 2 N–H and O–H groups in total. The molecule has 0 bridgehead atoms. The van der Waals surface area contributed by atoms with Gasteiger partial charge in [0.1, 0.15) is 13.1 Å². The van der Waals surface area contributed by atoms with Crippen LogP contribution in [0.2, 0.25) is 0 Å². The number of imide groups is 1. The third-order valence-corrected chi connectivity index (χ3v) is 7.26. The summed E-state index contributed by atoms with van der Waals surface area (Å²) in [7, 11) is 0. The molecule has 1 heterocycles. The van der Waals surface area contributed by atoms with Gasteiger partial charge in [-0.05, 0) is 48.6 Å². The number of nitro benzene ring substituents is 2. The van der Waals surface area contributed by atoms with Crippen LogP contribution in [0.3, 0.4) is 0 Å². The molecule has 0 aliphatic carbocycles. The molecular weight excluding hydrogens is 1010 g/mol. The lowest BCUT2D eigenvalue weighted by atomic mass is 10.1. The molecule has 1 saturated heterocycles. The summed E-state index contributed by atoms with van der Waals surface area (Å²) in [5, 5.41) is 20.4. The Kier molecular flexibility index (Phi) is 46.8. The highest BCUT2D eigenvalue weighted by molar-refractivity contribution is 15.0. The smallest absolute Gasteiger partial charge is 0.304 e. The molecule has 4 aromatic rings. The number of piperazine rings is 1. The number of nitrogens with zero attached hydrogens (tertiary/aromatic N) is 4. The van der Waals surface area contributed by atoms with Gasteiger partial charge in [0.2, 0.25) is 11.7 Å². The second-order valence-corrected chi connectivity index (χ2v) is 10.5. The van der Waals surface area contributed by atoms with Crippen LogP contribution in [0, 0.1) is 26.0 Å². The fraction of sp³-hybridized carbons (Fsp3) is 0.413. The summed E-state index contributed by atoms with van der Waals surface area (Å²) < 4.78 is 12.4. The van der Waals surface area contributed by atoms with Crippen LogP contribution in [-0.4, -0.2) is 45.6 Å². The van der Waals surface area contributed by atoms with Gasteiger partial charge < -0.3 is 10.6 Å². The van der Waals surface area contributed by atoms with Gasteiger partial charge in [-0.2, -0.15) is 4.39 Å². The molecule has 4 aromatic carbocycles. The molecule has 15 heteroatoms. The number of hydrogen-bond donors (Lipinski definition) is 1. The number of carbonyl (C=O) groups is 3. The molecular formula is C46H70FI2N5O7. The van der Waals surface area contributed by atoms with E-state index in [2.05, 4.69) is 50.2 Å².